The van der Waals surface area contributed by atoms with Crippen LogP contribution in [0, 0.1) is 23.1 Å². The quantitative estimate of drug-likeness (QED) is 0.785. The van der Waals surface area contributed by atoms with Crippen molar-refractivity contribution < 1.29 is 18.7 Å². The Morgan fingerprint density at radius 1 is 1.28 bits per heavy atom. The van der Waals surface area contributed by atoms with Crippen molar-refractivity contribution >= 4 is 11.6 Å². The van der Waals surface area contributed by atoms with Gasteiger partial charge in [-0.3, -0.25) is 4.79 Å². The summed E-state index contributed by atoms with van der Waals surface area (Å²) in [7, 11) is 0. The van der Waals surface area contributed by atoms with Gasteiger partial charge in [0.2, 0.25) is 5.91 Å². The van der Waals surface area contributed by atoms with Gasteiger partial charge in [0.1, 0.15) is 17.6 Å². The van der Waals surface area contributed by atoms with Crippen LogP contribution in [0.1, 0.15) is 37.8 Å². The first-order valence-electron chi connectivity index (χ1n) is 9.77. The van der Waals surface area contributed by atoms with Crippen LogP contribution in [0.2, 0.25) is 0 Å². The lowest BCUT2D eigenvalue weighted by Crippen LogP contribution is -2.45. The highest BCUT2D eigenvalue weighted by molar-refractivity contribution is 6.00. The molecule has 152 valence electrons. The molecule has 5 nitrogen and oxygen atoms in total. The van der Waals surface area contributed by atoms with E-state index in [2.05, 4.69) is 11.4 Å². The van der Waals surface area contributed by atoms with Gasteiger partial charge in [-0.1, -0.05) is 32.0 Å². The van der Waals surface area contributed by atoms with Gasteiger partial charge in [-0.15, -0.1) is 0 Å². The summed E-state index contributed by atoms with van der Waals surface area (Å²) in [5.74, 6) is 0.179. The summed E-state index contributed by atoms with van der Waals surface area (Å²) < 4.78 is 25.7. The van der Waals surface area contributed by atoms with E-state index < -0.39 is 11.2 Å². The molecule has 1 amide bonds. The third-order valence-corrected chi connectivity index (χ3v) is 5.11. The Bertz CT molecular complexity index is 915. The van der Waals surface area contributed by atoms with Gasteiger partial charge >= 0.3 is 0 Å². The smallest absolute Gasteiger partial charge is 0.235 e. The molecule has 2 aromatic carbocycles. The summed E-state index contributed by atoms with van der Waals surface area (Å²) >= 11 is 0. The number of halogens is 1. The van der Waals surface area contributed by atoms with E-state index in [1.165, 1.54) is 6.07 Å². The maximum absolute atomic E-state index is 14.6. The number of hydrogen-bond donors (Lipinski definition) is 1. The number of carbonyl (C=O) groups is 1. The average Bonchev–Trinajstić information content (AvgIpc) is 2.73. The fourth-order valence-electron chi connectivity index (χ4n) is 3.51. The van der Waals surface area contributed by atoms with E-state index in [1.807, 2.05) is 13.8 Å². The Kier molecular flexibility index (Phi) is 6.50. The molecule has 0 unspecified atom stereocenters. The van der Waals surface area contributed by atoms with E-state index in [9.17, 15) is 14.4 Å². The third kappa shape index (κ3) is 4.57. The van der Waals surface area contributed by atoms with Crippen LogP contribution in [-0.4, -0.2) is 25.7 Å². The molecule has 2 aromatic rings. The zero-order valence-corrected chi connectivity index (χ0v) is 16.7. The number of ether oxygens (including phenoxy) is 2. The predicted octanol–water partition coefficient (Wildman–Crippen LogP) is 4.42. The first-order chi connectivity index (χ1) is 14.0. The van der Waals surface area contributed by atoms with Crippen molar-refractivity contribution in [3.63, 3.8) is 0 Å². The number of anilines is 1. The van der Waals surface area contributed by atoms with Crippen molar-refractivity contribution in [1.29, 1.82) is 5.26 Å². The van der Waals surface area contributed by atoms with Gasteiger partial charge < -0.3 is 14.8 Å². The molecular formula is C23H25FN2O3. The molecule has 1 heterocycles. The fourth-order valence-corrected chi connectivity index (χ4v) is 3.51. The predicted molar refractivity (Wildman–Crippen MR) is 108 cm³/mol. The molecule has 0 aliphatic carbocycles. The van der Waals surface area contributed by atoms with Gasteiger partial charge in [-0.25, -0.2) is 4.39 Å². The van der Waals surface area contributed by atoms with Crippen molar-refractivity contribution in [3.8, 4) is 11.8 Å². The Morgan fingerprint density at radius 2 is 2.00 bits per heavy atom. The molecule has 29 heavy (non-hydrogen) atoms. The minimum atomic E-state index is -1.04. The van der Waals surface area contributed by atoms with Gasteiger partial charge in [-0.05, 0) is 43.0 Å². The molecule has 0 bridgehead atoms. The number of benzene rings is 2. The van der Waals surface area contributed by atoms with E-state index in [0.717, 1.165) is 0 Å². The average molecular weight is 396 g/mol. The second kappa shape index (κ2) is 9.06. The molecule has 0 atom stereocenters. The van der Waals surface area contributed by atoms with Crippen molar-refractivity contribution in [2.24, 2.45) is 5.92 Å². The lowest BCUT2D eigenvalue weighted by atomic mass is 9.73. The fraction of sp³-hybridized carbons (Fsp3) is 0.391. The molecule has 0 saturated carbocycles. The van der Waals surface area contributed by atoms with Gasteiger partial charge in [0.15, 0.2) is 0 Å². The molecule has 1 aliphatic heterocycles. The van der Waals surface area contributed by atoms with Crippen LogP contribution < -0.4 is 10.1 Å². The topological polar surface area (TPSA) is 71.3 Å². The Morgan fingerprint density at radius 3 is 2.66 bits per heavy atom. The van der Waals surface area contributed by atoms with Gasteiger partial charge in [0, 0.05) is 18.8 Å². The van der Waals surface area contributed by atoms with Crippen LogP contribution in [0.25, 0.3) is 0 Å². The third-order valence-electron chi connectivity index (χ3n) is 5.11. The van der Waals surface area contributed by atoms with Gasteiger partial charge in [0.05, 0.1) is 23.3 Å². The van der Waals surface area contributed by atoms with E-state index >= 15 is 0 Å². The minimum Gasteiger partial charge on any atom is -0.493 e. The van der Waals surface area contributed by atoms with Crippen molar-refractivity contribution in [2.75, 3.05) is 25.1 Å². The highest BCUT2D eigenvalue weighted by Gasteiger charge is 2.43. The maximum atomic E-state index is 14.6. The van der Waals surface area contributed by atoms with Gasteiger partial charge in [0.25, 0.3) is 0 Å². The zero-order valence-electron chi connectivity index (χ0n) is 16.7. The summed E-state index contributed by atoms with van der Waals surface area (Å²) in [4.78, 5) is 13.3. The Balaban J connectivity index is 1.89. The summed E-state index contributed by atoms with van der Waals surface area (Å²) in [6, 6.07) is 13.4. The van der Waals surface area contributed by atoms with Crippen molar-refractivity contribution in [2.45, 2.75) is 32.1 Å². The summed E-state index contributed by atoms with van der Waals surface area (Å²) in [5, 5.41) is 12.4. The van der Waals surface area contributed by atoms with Crippen molar-refractivity contribution in [3.05, 3.63) is 59.4 Å². The number of nitriles is 1. The van der Waals surface area contributed by atoms with Crippen LogP contribution in [0.15, 0.2) is 42.5 Å². The zero-order chi connectivity index (χ0) is 20.9. The van der Waals surface area contributed by atoms with Crippen LogP contribution in [-0.2, 0) is 14.9 Å². The molecule has 3 rings (SSSR count). The van der Waals surface area contributed by atoms with Crippen LogP contribution in [0.5, 0.6) is 5.75 Å². The molecule has 0 aromatic heterocycles. The first-order valence-corrected chi connectivity index (χ1v) is 9.77. The van der Waals surface area contributed by atoms with Gasteiger partial charge in [-0.2, -0.15) is 5.26 Å². The van der Waals surface area contributed by atoms with E-state index in [4.69, 9.17) is 9.47 Å². The van der Waals surface area contributed by atoms with E-state index in [-0.39, 0.29) is 5.91 Å². The number of rotatable bonds is 6. The van der Waals surface area contributed by atoms with E-state index in [1.54, 1.807) is 36.4 Å². The second-order valence-electron chi connectivity index (χ2n) is 7.65. The first kappa shape index (κ1) is 20.8. The summed E-state index contributed by atoms with van der Waals surface area (Å²) in [6.45, 7) is 5.35. The molecule has 1 N–H and O–H groups in total. The molecule has 1 fully saturated rings. The Labute approximate surface area is 170 Å². The number of nitrogens with zero attached hydrogens (tertiary/aromatic N) is 1. The Hall–Kier alpha value is -2.91. The second-order valence-corrected chi connectivity index (χ2v) is 7.65. The van der Waals surface area contributed by atoms with E-state index in [0.29, 0.717) is 61.1 Å². The minimum absolute atomic E-state index is 0.301. The van der Waals surface area contributed by atoms with Crippen molar-refractivity contribution in [1.82, 2.24) is 0 Å². The van der Waals surface area contributed by atoms with Crippen LogP contribution in [0.3, 0.4) is 0 Å². The lowest BCUT2D eigenvalue weighted by molar-refractivity contribution is -0.125. The van der Waals surface area contributed by atoms with Crippen LogP contribution in [0.4, 0.5) is 10.1 Å². The standard InChI is InChI=1S/C23H25FN2O3/c1-16(2)15-29-18-7-8-21(17(13-18)14-25)26-22(27)23(9-11-28-12-10-23)19-5-3-4-6-20(19)24/h3-8,13,16H,9-12,15H2,1-2H3,(H,26,27). The number of amides is 1. The molecule has 0 spiro atoms. The highest BCUT2D eigenvalue weighted by atomic mass is 19.1. The molecule has 6 heteroatoms. The molecule has 1 saturated heterocycles. The molecule has 0 radical (unpaired) electrons. The number of carbonyl (C=O) groups excluding carboxylic acids is 1. The number of hydrogen-bond acceptors (Lipinski definition) is 4. The lowest BCUT2D eigenvalue weighted by Gasteiger charge is -2.36. The summed E-state index contributed by atoms with van der Waals surface area (Å²) in [6.07, 6.45) is 0.745. The number of nitrogens with one attached hydrogen (secondary N) is 1. The van der Waals surface area contributed by atoms with Crippen LogP contribution >= 0.6 is 0 Å². The SMILES string of the molecule is CC(C)COc1ccc(NC(=O)C2(c3ccccc3F)CCOCC2)c(C#N)c1. The normalized spacial score (nSPS) is 15.6. The molecule has 1 aliphatic rings. The molecular weight excluding hydrogens is 371 g/mol. The maximum Gasteiger partial charge on any atom is 0.235 e. The monoisotopic (exact) mass is 396 g/mol. The highest BCUT2D eigenvalue weighted by Crippen LogP contribution is 2.38. The largest absolute Gasteiger partial charge is 0.493 e. The summed E-state index contributed by atoms with van der Waals surface area (Å²) in [5.41, 5.74) is 0.00602.